The number of aliphatic hydroxyl groups excluding tert-OH is 1. The largest absolute Gasteiger partial charge is 1.00 e. The minimum atomic E-state index is -4.38. The van der Waals surface area contributed by atoms with Crippen molar-refractivity contribution >= 4 is 22.2 Å². The Morgan fingerprint density at radius 3 is 2.36 bits per heavy atom. The van der Waals surface area contributed by atoms with Crippen LogP contribution >= 0.6 is 12.0 Å². The Balaban J connectivity index is 0.00000220. The second kappa shape index (κ2) is 10.3. The molecule has 0 bridgehead atoms. The molecule has 0 spiro atoms. The summed E-state index contributed by atoms with van der Waals surface area (Å²) in [6.07, 6.45) is 0.885. The van der Waals surface area contributed by atoms with Crippen molar-refractivity contribution in [3.8, 4) is 0 Å². The predicted molar refractivity (Wildman–Crippen MR) is 67.7 cm³/mol. The average molecular weight is 372 g/mol. The number of hydrogen-bond acceptors (Lipinski definition) is 8. The molecule has 0 heterocycles. The molecule has 0 saturated heterocycles. The van der Waals surface area contributed by atoms with Crippen LogP contribution < -0.4 is 64.4 Å². The number of rotatable bonds is 4. The van der Waals surface area contributed by atoms with Crippen molar-refractivity contribution in [2.24, 2.45) is 17.8 Å². The first-order valence-electron chi connectivity index (χ1n) is 6.57. The molecule has 7 nitrogen and oxygen atoms in total. The number of fused-ring (bicyclic) bond motifs is 1. The van der Waals surface area contributed by atoms with Gasteiger partial charge in [-0.1, -0.05) is 6.92 Å². The van der Waals surface area contributed by atoms with E-state index in [1.54, 1.807) is 0 Å². The van der Waals surface area contributed by atoms with Crippen LogP contribution in [0.5, 0.6) is 0 Å². The number of hydrogen-bond donors (Lipinski definition) is 1. The fourth-order valence-electron chi connectivity index (χ4n) is 3.82. The molecule has 6 unspecified atom stereocenters. The molecule has 0 aliphatic heterocycles. The molecule has 22 heavy (non-hydrogen) atoms. The van der Waals surface area contributed by atoms with Crippen LogP contribution in [0.4, 0.5) is 0 Å². The molecule has 118 valence electrons. The molecule has 2 fully saturated rings. The molecule has 6 atom stereocenters. The van der Waals surface area contributed by atoms with Gasteiger partial charge in [-0.3, -0.25) is 5.04 Å². The van der Waals surface area contributed by atoms with Crippen molar-refractivity contribution in [1.82, 2.24) is 0 Å². The maximum atomic E-state index is 11.2. The van der Waals surface area contributed by atoms with E-state index in [-0.39, 0.29) is 95.0 Å². The molecule has 0 aromatic heterocycles. The van der Waals surface area contributed by atoms with Gasteiger partial charge >= 0.3 is 59.1 Å². The van der Waals surface area contributed by atoms with Crippen LogP contribution in [0.15, 0.2) is 0 Å². The fraction of sp³-hybridized carbons (Fsp3) is 1.00. The molecule has 1 N–H and O–H groups in total. The van der Waals surface area contributed by atoms with Gasteiger partial charge in [0.25, 0.3) is 0 Å². The summed E-state index contributed by atoms with van der Waals surface area (Å²) in [5.41, 5.74) is 0. The summed E-state index contributed by atoms with van der Waals surface area (Å²) in [5, 5.41) is 22.3. The third-order valence-electron chi connectivity index (χ3n) is 4.53. The van der Waals surface area contributed by atoms with Gasteiger partial charge in [-0.15, -0.1) is 0 Å². The monoisotopic (exact) mass is 372 g/mol. The van der Waals surface area contributed by atoms with Gasteiger partial charge < -0.3 is 14.9 Å². The molecule has 2 saturated carbocycles. The molecule has 11 heteroatoms. The fourth-order valence-corrected chi connectivity index (χ4v) is 5.59. The third kappa shape index (κ3) is 6.12. The standard InChI is InChI=1S/C11H20O7S2.2Na/c1-6-2-8(19-18-17-13)3-7-4-9(20(14,15)16)5-10(12)11(6)7;;/h6-13H,2-5H2,1H3,(H,14,15,16);;/q;2*+1/p-2. The second-order valence-corrected chi connectivity index (χ2v) is 8.44. The topological polar surface area (TPSA) is 119 Å². The minimum absolute atomic E-state index is 0. The zero-order valence-corrected chi connectivity index (χ0v) is 18.6. The summed E-state index contributed by atoms with van der Waals surface area (Å²) in [5.74, 6) is 0.119. The normalized spacial score (nSPS) is 38.4. The van der Waals surface area contributed by atoms with Gasteiger partial charge in [0.15, 0.2) is 0 Å². The van der Waals surface area contributed by atoms with E-state index in [9.17, 15) is 23.3 Å². The summed E-state index contributed by atoms with van der Waals surface area (Å²) in [4.78, 5) is 0. The van der Waals surface area contributed by atoms with E-state index >= 15 is 0 Å². The first kappa shape index (κ1) is 24.1. The van der Waals surface area contributed by atoms with E-state index in [4.69, 9.17) is 0 Å². The molecular formula is C11H18Na2O7S2. The minimum Gasteiger partial charge on any atom is -0.748 e. The quantitative estimate of drug-likeness (QED) is 0.170. The Labute approximate surface area is 179 Å². The van der Waals surface area contributed by atoms with Gasteiger partial charge in [-0.25, -0.2) is 8.42 Å². The summed E-state index contributed by atoms with van der Waals surface area (Å²) < 4.78 is 37.9. The van der Waals surface area contributed by atoms with Crippen LogP contribution in [-0.4, -0.2) is 34.7 Å². The van der Waals surface area contributed by atoms with Crippen molar-refractivity contribution in [2.45, 2.75) is 49.2 Å². The van der Waals surface area contributed by atoms with Gasteiger partial charge in [0.05, 0.1) is 21.5 Å². The van der Waals surface area contributed by atoms with Gasteiger partial charge in [-0.05, 0) is 43.4 Å². The summed E-state index contributed by atoms with van der Waals surface area (Å²) >= 11 is 0.923. The smallest absolute Gasteiger partial charge is 0.748 e. The molecular weight excluding hydrogens is 354 g/mol. The Hall–Kier alpha value is 2.10. The average Bonchev–Trinajstić information content (AvgIpc) is 2.34. The first-order valence-corrected chi connectivity index (χ1v) is 8.85. The Morgan fingerprint density at radius 2 is 1.82 bits per heavy atom. The summed E-state index contributed by atoms with van der Waals surface area (Å²) in [6.45, 7) is 1.98. The van der Waals surface area contributed by atoms with E-state index in [1.165, 1.54) is 0 Å². The molecule has 0 amide bonds. The van der Waals surface area contributed by atoms with E-state index in [0.29, 0.717) is 6.42 Å². The van der Waals surface area contributed by atoms with E-state index in [0.717, 1.165) is 18.5 Å². The van der Waals surface area contributed by atoms with E-state index in [1.807, 2.05) is 6.92 Å². The second-order valence-electron chi connectivity index (χ2n) is 5.79. The third-order valence-corrected chi connectivity index (χ3v) is 6.52. The molecule has 2 aliphatic carbocycles. The molecule has 2 rings (SSSR count). The van der Waals surface area contributed by atoms with Crippen molar-refractivity contribution < 1.29 is 91.8 Å². The van der Waals surface area contributed by atoms with Crippen LogP contribution in [0.1, 0.15) is 32.6 Å². The van der Waals surface area contributed by atoms with Crippen LogP contribution in [0.3, 0.4) is 0 Å². The van der Waals surface area contributed by atoms with Crippen LogP contribution in [0.25, 0.3) is 0 Å². The van der Waals surface area contributed by atoms with Gasteiger partial charge in [0.2, 0.25) is 0 Å². The van der Waals surface area contributed by atoms with Crippen molar-refractivity contribution in [1.29, 1.82) is 0 Å². The Morgan fingerprint density at radius 1 is 1.18 bits per heavy atom. The molecule has 0 aromatic carbocycles. The van der Waals surface area contributed by atoms with Crippen LogP contribution in [0, 0.1) is 17.8 Å². The van der Waals surface area contributed by atoms with Gasteiger partial charge in [0.1, 0.15) is 0 Å². The maximum absolute atomic E-state index is 11.2. The maximum Gasteiger partial charge on any atom is 1.00 e. The predicted octanol–water partition coefficient (Wildman–Crippen LogP) is -6.03. The van der Waals surface area contributed by atoms with Gasteiger partial charge in [0, 0.05) is 17.3 Å². The van der Waals surface area contributed by atoms with Crippen LogP contribution in [0.2, 0.25) is 0 Å². The van der Waals surface area contributed by atoms with Gasteiger partial charge in [-0.2, -0.15) is 4.33 Å². The Bertz CT molecular complexity index is 436. The zero-order chi connectivity index (χ0) is 14.9. The van der Waals surface area contributed by atoms with Crippen molar-refractivity contribution in [2.75, 3.05) is 0 Å². The van der Waals surface area contributed by atoms with Crippen molar-refractivity contribution in [3.05, 3.63) is 0 Å². The molecule has 0 radical (unpaired) electrons. The van der Waals surface area contributed by atoms with E-state index in [2.05, 4.69) is 9.37 Å². The molecule has 0 aromatic rings. The first-order chi connectivity index (χ1) is 9.32. The van der Waals surface area contributed by atoms with E-state index < -0.39 is 21.5 Å². The number of aliphatic hydroxyl groups is 1. The Kier molecular flexibility index (Phi) is 11.3. The van der Waals surface area contributed by atoms with Crippen molar-refractivity contribution in [3.63, 3.8) is 0 Å². The summed E-state index contributed by atoms with van der Waals surface area (Å²) in [6, 6.07) is 0. The molecule has 2 aliphatic rings. The SMILES string of the molecule is CC1CC(SOO[O-])CC2CC(S(=O)(=O)[O-])CC(O)C12.[Na+].[Na+]. The van der Waals surface area contributed by atoms with Crippen LogP contribution in [-0.2, 0) is 19.5 Å². The zero-order valence-electron chi connectivity index (χ0n) is 13.0. The summed E-state index contributed by atoms with van der Waals surface area (Å²) in [7, 11) is -4.38.